The van der Waals surface area contributed by atoms with Crippen molar-refractivity contribution < 1.29 is 0 Å². The van der Waals surface area contributed by atoms with Gasteiger partial charge in [-0.05, 0) is 41.7 Å². The number of rotatable bonds is 10. The van der Waals surface area contributed by atoms with E-state index in [-0.39, 0.29) is 5.54 Å². The molecular weight excluding hydrogens is 414 g/mol. The fourth-order valence-electron chi connectivity index (χ4n) is 4.47. The molecule has 0 aliphatic carbocycles. The maximum Gasteiger partial charge on any atom is 0.0956 e. The molecule has 0 aliphatic heterocycles. The van der Waals surface area contributed by atoms with Crippen LogP contribution in [0.3, 0.4) is 0 Å². The molecule has 1 aromatic heterocycles. The quantitative estimate of drug-likeness (QED) is 0.269. The van der Waals surface area contributed by atoms with E-state index in [2.05, 4.69) is 94.2 Å². The van der Waals surface area contributed by atoms with Crippen molar-refractivity contribution in [2.45, 2.75) is 38.4 Å². The Balaban J connectivity index is 1.91. The highest BCUT2D eigenvalue weighted by molar-refractivity contribution is 6.30. The summed E-state index contributed by atoms with van der Waals surface area (Å²) in [5.74, 6) is 0. The van der Waals surface area contributed by atoms with Gasteiger partial charge in [0.2, 0.25) is 0 Å². The minimum absolute atomic E-state index is 0.338. The average molecular weight is 444 g/mol. The fourth-order valence-corrected chi connectivity index (χ4v) is 4.60. The molecule has 0 unspecified atom stereocenters. The standard InChI is InChI=1S/C28H30ClN3/c1-2-3-19-32(23-31-20-18-30-22-31)28(25-10-6-4-7-11-25,26-12-8-5-9-13-26)21-24-14-16-27(29)17-15-24/h4-18,20,22H,2-3,19,21,23H2,1H3. The monoisotopic (exact) mass is 443 g/mol. The van der Waals surface area contributed by atoms with Crippen LogP contribution in [0.4, 0.5) is 0 Å². The molecule has 3 aromatic carbocycles. The number of imidazole rings is 1. The largest absolute Gasteiger partial charge is 0.324 e. The third-order valence-electron chi connectivity index (χ3n) is 6.09. The third-order valence-corrected chi connectivity index (χ3v) is 6.34. The van der Waals surface area contributed by atoms with Gasteiger partial charge in [-0.1, -0.05) is 97.7 Å². The second kappa shape index (κ2) is 10.6. The van der Waals surface area contributed by atoms with Gasteiger partial charge in [0.05, 0.1) is 18.5 Å². The number of hydrogen-bond acceptors (Lipinski definition) is 2. The SMILES string of the molecule is CCCCN(Cn1ccnc1)C(Cc1ccc(Cl)cc1)(c1ccccc1)c1ccccc1. The van der Waals surface area contributed by atoms with Gasteiger partial charge in [0.1, 0.15) is 0 Å². The van der Waals surface area contributed by atoms with Crippen LogP contribution in [0.5, 0.6) is 0 Å². The highest BCUT2D eigenvalue weighted by atomic mass is 35.5. The molecule has 0 N–H and O–H groups in total. The molecule has 0 radical (unpaired) electrons. The van der Waals surface area contributed by atoms with Crippen molar-refractivity contribution in [3.8, 4) is 0 Å². The Morgan fingerprint density at radius 1 is 0.875 bits per heavy atom. The van der Waals surface area contributed by atoms with E-state index < -0.39 is 0 Å². The zero-order valence-corrected chi connectivity index (χ0v) is 19.3. The van der Waals surface area contributed by atoms with Crippen molar-refractivity contribution in [3.05, 3.63) is 125 Å². The predicted octanol–water partition coefficient (Wildman–Crippen LogP) is 6.78. The van der Waals surface area contributed by atoms with Gasteiger partial charge in [-0.25, -0.2) is 4.98 Å². The van der Waals surface area contributed by atoms with Crippen molar-refractivity contribution >= 4 is 11.6 Å². The van der Waals surface area contributed by atoms with Gasteiger partial charge < -0.3 is 4.57 Å². The first-order chi connectivity index (χ1) is 15.7. The normalized spacial score (nSPS) is 11.7. The van der Waals surface area contributed by atoms with E-state index in [1.165, 1.54) is 16.7 Å². The fraction of sp³-hybridized carbons (Fsp3) is 0.250. The van der Waals surface area contributed by atoms with Crippen LogP contribution in [0, 0.1) is 0 Å². The Morgan fingerprint density at radius 3 is 2.03 bits per heavy atom. The molecule has 4 heteroatoms. The molecule has 3 nitrogen and oxygen atoms in total. The summed E-state index contributed by atoms with van der Waals surface area (Å²) >= 11 is 6.22. The molecule has 4 aromatic rings. The minimum Gasteiger partial charge on any atom is -0.324 e. The van der Waals surface area contributed by atoms with E-state index in [0.717, 1.165) is 37.5 Å². The van der Waals surface area contributed by atoms with Crippen LogP contribution in [-0.2, 0) is 18.6 Å². The van der Waals surface area contributed by atoms with Gasteiger partial charge in [-0.3, -0.25) is 4.90 Å². The summed E-state index contributed by atoms with van der Waals surface area (Å²) < 4.78 is 2.16. The molecule has 0 saturated carbocycles. The number of unbranched alkanes of at least 4 members (excludes halogenated alkanes) is 1. The maximum absolute atomic E-state index is 6.22. The highest BCUT2D eigenvalue weighted by Crippen LogP contribution is 2.40. The molecule has 164 valence electrons. The molecular formula is C28H30ClN3. The van der Waals surface area contributed by atoms with E-state index in [4.69, 9.17) is 11.6 Å². The Labute approximate surface area is 196 Å². The van der Waals surface area contributed by atoms with Crippen LogP contribution < -0.4 is 0 Å². The Morgan fingerprint density at radius 2 is 1.50 bits per heavy atom. The summed E-state index contributed by atoms with van der Waals surface area (Å²) in [6.45, 7) is 3.99. The van der Waals surface area contributed by atoms with Crippen molar-refractivity contribution in [3.63, 3.8) is 0 Å². The van der Waals surface area contributed by atoms with Crippen LogP contribution in [0.2, 0.25) is 5.02 Å². The average Bonchev–Trinajstić information content (AvgIpc) is 3.36. The third kappa shape index (κ3) is 4.95. The minimum atomic E-state index is -0.338. The zero-order chi connectivity index (χ0) is 22.2. The summed E-state index contributed by atoms with van der Waals surface area (Å²) in [5.41, 5.74) is 3.50. The van der Waals surface area contributed by atoms with Gasteiger partial charge >= 0.3 is 0 Å². The molecule has 0 fully saturated rings. The summed E-state index contributed by atoms with van der Waals surface area (Å²) in [6.07, 6.45) is 8.91. The molecule has 0 atom stereocenters. The smallest absolute Gasteiger partial charge is 0.0956 e. The molecule has 0 saturated heterocycles. The van der Waals surface area contributed by atoms with Crippen molar-refractivity contribution in [1.82, 2.24) is 14.5 Å². The van der Waals surface area contributed by atoms with Gasteiger partial charge in [-0.15, -0.1) is 0 Å². The predicted molar refractivity (Wildman–Crippen MR) is 133 cm³/mol. The zero-order valence-electron chi connectivity index (χ0n) is 18.6. The van der Waals surface area contributed by atoms with Gasteiger partial charge in [0.25, 0.3) is 0 Å². The molecule has 0 aliphatic rings. The van der Waals surface area contributed by atoms with Crippen LogP contribution in [-0.4, -0.2) is 21.0 Å². The number of aromatic nitrogens is 2. The number of nitrogens with zero attached hydrogens (tertiary/aromatic N) is 3. The lowest BCUT2D eigenvalue weighted by Crippen LogP contribution is -2.49. The Hall–Kier alpha value is -2.88. The van der Waals surface area contributed by atoms with Crippen LogP contribution in [0.1, 0.15) is 36.5 Å². The van der Waals surface area contributed by atoms with Crippen molar-refractivity contribution in [2.24, 2.45) is 0 Å². The van der Waals surface area contributed by atoms with E-state index in [9.17, 15) is 0 Å². The summed E-state index contributed by atoms with van der Waals surface area (Å²) in [4.78, 5) is 6.91. The van der Waals surface area contributed by atoms with Gasteiger partial charge in [0, 0.05) is 24.0 Å². The molecule has 1 heterocycles. The second-order valence-electron chi connectivity index (χ2n) is 8.23. The first-order valence-corrected chi connectivity index (χ1v) is 11.7. The van der Waals surface area contributed by atoms with E-state index in [1.807, 2.05) is 30.9 Å². The van der Waals surface area contributed by atoms with Gasteiger partial charge in [-0.2, -0.15) is 0 Å². The second-order valence-corrected chi connectivity index (χ2v) is 8.67. The molecule has 32 heavy (non-hydrogen) atoms. The van der Waals surface area contributed by atoms with Crippen LogP contribution >= 0.6 is 11.6 Å². The lowest BCUT2D eigenvalue weighted by atomic mass is 9.76. The van der Waals surface area contributed by atoms with Crippen molar-refractivity contribution in [1.29, 1.82) is 0 Å². The topological polar surface area (TPSA) is 21.1 Å². The molecule has 4 rings (SSSR count). The Kier molecular flexibility index (Phi) is 7.41. The van der Waals surface area contributed by atoms with E-state index >= 15 is 0 Å². The molecule has 0 amide bonds. The molecule has 0 bridgehead atoms. The highest BCUT2D eigenvalue weighted by Gasteiger charge is 2.40. The maximum atomic E-state index is 6.22. The van der Waals surface area contributed by atoms with E-state index in [1.54, 1.807) is 0 Å². The number of hydrogen-bond donors (Lipinski definition) is 0. The number of halogens is 1. The lowest BCUT2D eigenvalue weighted by molar-refractivity contribution is 0.0814. The number of benzene rings is 3. The van der Waals surface area contributed by atoms with Crippen molar-refractivity contribution in [2.75, 3.05) is 6.54 Å². The lowest BCUT2D eigenvalue weighted by Gasteiger charge is -2.45. The van der Waals surface area contributed by atoms with E-state index in [0.29, 0.717) is 0 Å². The summed E-state index contributed by atoms with van der Waals surface area (Å²) in [7, 11) is 0. The van der Waals surface area contributed by atoms with Crippen LogP contribution in [0.15, 0.2) is 104 Å². The first-order valence-electron chi connectivity index (χ1n) is 11.3. The Bertz CT molecular complexity index is 1020. The summed E-state index contributed by atoms with van der Waals surface area (Å²) in [5, 5.41) is 0.764. The van der Waals surface area contributed by atoms with Gasteiger partial charge in [0.15, 0.2) is 0 Å². The van der Waals surface area contributed by atoms with Crippen LogP contribution in [0.25, 0.3) is 0 Å². The first kappa shape index (κ1) is 22.3. The molecule has 0 spiro atoms. The summed E-state index contributed by atoms with van der Waals surface area (Å²) in [6, 6.07) is 30.1.